The molecule has 2 heterocycles. The summed E-state index contributed by atoms with van der Waals surface area (Å²) in [5.74, 6) is 1.37. The van der Waals surface area contributed by atoms with Gasteiger partial charge in [-0.25, -0.2) is 0 Å². The van der Waals surface area contributed by atoms with Gasteiger partial charge >= 0.3 is 0 Å². The van der Waals surface area contributed by atoms with Gasteiger partial charge in [0.15, 0.2) is 5.69 Å². The fourth-order valence-electron chi connectivity index (χ4n) is 3.77. The first-order valence-corrected chi connectivity index (χ1v) is 9.74. The van der Waals surface area contributed by atoms with Gasteiger partial charge < -0.3 is 19.1 Å². The molecule has 0 aliphatic carbocycles. The van der Waals surface area contributed by atoms with Gasteiger partial charge in [0.2, 0.25) is 0 Å². The summed E-state index contributed by atoms with van der Waals surface area (Å²) < 4.78 is 10.1. The molecule has 0 radical (unpaired) electrons. The lowest BCUT2D eigenvalue weighted by molar-refractivity contribution is 0.0680. The van der Waals surface area contributed by atoms with Crippen LogP contribution in [0.2, 0.25) is 0 Å². The third-order valence-corrected chi connectivity index (χ3v) is 5.26. The van der Waals surface area contributed by atoms with Crippen molar-refractivity contribution in [1.29, 1.82) is 0 Å². The van der Waals surface area contributed by atoms with Crippen molar-refractivity contribution in [2.75, 3.05) is 39.8 Å². The van der Waals surface area contributed by atoms with Crippen LogP contribution >= 0.6 is 0 Å². The van der Waals surface area contributed by atoms with Gasteiger partial charge in [0.25, 0.3) is 5.91 Å². The molecular formula is C21H29N3O3. The van der Waals surface area contributed by atoms with E-state index in [0.717, 1.165) is 44.8 Å². The molecule has 1 atom stereocenters. The first-order chi connectivity index (χ1) is 13.2. The molecule has 1 saturated heterocycles. The quantitative estimate of drug-likeness (QED) is 0.714. The summed E-state index contributed by atoms with van der Waals surface area (Å²) in [6.45, 7) is 6.68. The Bertz CT molecular complexity index is 717. The van der Waals surface area contributed by atoms with Crippen LogP contribution in [-0.4, -0.2) is 60.7 Å². The van der Waals surface area contributed by atoms with Crippen LogP contribution in [0.5, 0.6) is 5.75 Å². The average molecular weight is 371 g/mol. The Hall–Kier alpha value is -2.34. The molecule has 146 valence electrons. The summed E-state index contributed by atoms with van der Waals surface area (Å²) in [6.07, 6.45) is 4.80. The largest absolute Gasteiger partial charge is 0.497 e. The van der Waals surface area contributed by atoms with Gasteiger partial charge in [-0.3, -0.25) is 4.79 Å². The highest BCUT2D eigenvalue weighted by Gasteiger charge is 2.25. The number of rotatable bonds is 8. The molecule has 1 unspecified atom stereocenters. The van der Waals surface area contributed by atoms with E-state index in [9.17, 15) is 4.79 Å². The van der Waals surface area contributed by atoms with E-state index in [2.05, 4.69) is 22.2 Å². The van der Waals surface area contributed by atoms with Gasteiger partial charge in [-0.05, 0) is 56.3 Å². The maximum Gasteiger partial charge on any atom is 0.276 e. The SMILES string of the molecule is CCN(CC1CCCN(CCc2cccc(OC)c2)C1)C(=O)c1ccon1. The van der Waals surface area contributed by atoms with E-state index >= 15 is 0 Å². The number of amides is 1. The van der Waals surface area contributed by atoms with Crippen LogP contribution < -0.4 is 4.74 Å². The van der Waals surface area contributed by atoms with Crippen LogP contribution in [0.25, 0.3) is 0 Å². The van der Waals surface area contributed by atoms with Crippen LogP contribution in [-0.2, 0) is 6.42 Å². The summed E-state index contributed by atoms with van der Waals surface area (Å²) in [4.78, 5) is 16.9. The van der Waals surface area contributed by atoms with Gasteiger partial charge in [-0.1, -0.05) is 17.3 Å². The number of piperidine rings is 1. The van der Waals surface area contributed by atoms with Crippen molar-refractivity contribution >= 4 is 5.91 Å². The van der Waals surface area contributed by atoms with Crippen molar-refractivity contribution in [3.8, 4) is 5.75 Å². The van der Waals surface area contributed by atoms with E-state index in [0.29, 0.717) is 18.2 Å². The predicted molar refractivity (Wildman–Crippen MR) is 104 cm³/mol. The molecule has 0 spiro atoms. The van der Waals surface area contributed by atoms with Crippen molar-refractivity contribution in [3.63, 3.8) is 0 Å². The van der Waals surface area contributed by atoms with E-state index in [1.54, 1.807) is 13.2 Å². The molecule has 3 rings (SSSR count). The summed E-state index contributed by atoms with van der Waals surface area (Å²) in [5, 5.41) is 3.78. The Morgan fingerprint density at radius 1 is 1.41 bits per heavy atom. The second-order valence-corrected chi connectivity index (χ2v) is 7.14. The number of aromatic nitrogens is 1. The van der Waals surface area contributed by atoms with Crippen molar-refractivity contribution < 1.29 is 14.1 Å². The van der Waals surface area contributed by atoms with Gasteiger partial charge in [-0.15, -0.1) is 0 Å². The maximum atomic E-state index is 12.5. The number of hydrogen-bond donors (Lipinski definition) is 0. The minimum Gasteiger partial charge on any atom is -0.497 e. The number of carbonyl (C=O) groups is 1. The third kappa shape index (κ3) is 5.32. The standard InChI is InChI=1S/C21H29N3O3/c1-3-24(21(25)20-10-13-27-22-20)16-18-7-5-11-23(15-18)12-9-17-6-4-8-19(14-17)26-2/h4,6,8,10,13-14,18H,3,5,7,9,11-12,15-16H2,1-2H3. The minimum atomic E-state index is -0.0419. The van der Waals surface area contributed by atoms with E-state index in [4.69, 9.17) is 9.26 Å². The first-order valence-electron chi connectivity index (χ1n) is 9.74. The number of methoxy groups -OCH3 is 1. The van der Waals surface area contributed by atoms with Crippen LogP contribution in [0.15, 0.2) is 41.1 Å². The normalized spacial score (nSPS) is 17.6. The van der Waals surface area contributed by atoms with Gasteiger partial charge in [-0.2, -0.15) is 0 Å². The third-order valence-electron chi connectivity index (χ3n) is 5.26. The molecule has 6 nitrogen and oxygen atoms in total. The maximum absolute atomic E-state index is 12.5. The second-order valence-electron chi connectivity index (χ2n) is 7.14. The minimum absolute atomic E-state index is 0.0419. The molecule has 1 aliphatic heterocycles. The molecule has 2 aromatic rings. The van der Waals surface area contributed by atoms with E-state index in [1.165, 1.54) is 18.2 Å². The molecule has 1 aliphatic rings. The number of carbonyl (C=O) groups excluding carboxylic acids is 1. The molecule has 1 aromatic carbocycles. The van der Waals surface area contributed by atoms with Crippen LogP contribution in [0.3, 0.4) is 0 Å². The molecule has 27 heavy (non-hydrogen) atoms. The second kappa shape index (κ2) is 9.55. The number of hydrogen-bond acceptors (Lipinski definition) is 5. The number of likely N-dealkylation sites (tertiary alicyclic amines) is 1. The van der Waals surface area contributed by atoms with E-state index in [-0.39, 0.29) is 5.91 Å². The number of nitrogens with zero attached hydrogens (tertiary/aromatic N) is 3. The van der Waals surface area contributed by atoms with Crippen molar-refractivity contribution in [1.82, 2.24) is 15.0 Å². The molecule has 0 bridgehead atoms. The molecule has 0 N–H and O–H groups in total. The lowest BCUT2D eigenvalue weighted by Crippen LogP contribution is -2.43. The van der Waals surface area contributed by atoms with Crippen LogP contribution in [0, 0.1) is 5.92 Å². The molecule has 1 amide bonds. The van der Waals surface area contributed by atoms with Gasteiger partial charge in [0, 0.05) is 32.2 Å². The molecule has 0 saturated carbocycles. The summed E-state index contributed by atoms with van der Waals surface area (Å²) >= 11 is 0. The fraction of sp³-hybridized carbons (Fsp3) is 0.524. The number of ether oxygens (including phenoxy) is 1. The molecule has 1 fully saturated rings. The topological polar surface area (TPSA) is 58.8 Å². The average Bonchev–Trinajstić information content (AvgIpc) is 3.25. The van der Waals surface area contributed by atoms with Crippen LogP contribution in [0.4, 0.5) is 0 Å². The Morgan fingerprint density at radius 2 is 2.30 bits per heavy atom. The van der Waals surface area contributed by atoms with E-state index < -0.39 is 0 Å². The summed E-state index contributed by atoms with van der Waals surface area (Å²) in [6, 6.07) is 9.91. The van der Waals surface area contributed by atoms with Gasteiger partial charge in [0.1, 0.15) is 12.0 Å². The van der Waals surface area contributed by atoms with E-state index in [1.807, 2.05) is 24.0 Å². The zero-order valence-electron chi connectivity index (χ0n) is 16.3. The lowest BCUT2D eigenvalue weighted by Gasteiger charge is -2.35. The Kier molecular flexibility index (Phi) is 6.87. The highest BCUT2D eigenvalue weighted by molar-refractivity contribution is 5.92. The Morgan fingerprint density at radius 3 is 3.04 bits per heavy atom. The molecule has 6 heteroatoms. The first kappa shape index (κ1) is 19.4. The fourth-order valence-corrected chi connectivity index (χ4v) is 3.77. The van der Waals surface area contributed by atoms with Crippen molar-refractivity contribution in [2.45, 2.75) is 26.2 Å². The monoisotopic (exact) mass is 371 g/mol. The lowest BCUT2D eigenvalue weighted by atomic mass is 9.96. The summed E-state index contributed by atoms with van der Waals surface area (Å²) in [5.41, 5.74) is 1.69. The molecule has 1 aromatic heterocycles. The Labute approximate surface area is 161 Å². The zero-order valence-corrected chi connectivity index (χ0v) is 16.3. The van der Waals surface area contributed by atoms with Gasteiger partial charge in [0.05, 0.1) is 7.11 Å². The van der Waals surface area contributed by atoms with Crippen molar-refractivity contribution in [3.05, 3.63) is 47.9 Å². The van der Waals surface area contributed by atoms with Crippen LogP contribution in [0.1, 0.15) is 35.8 Å². The predicted octanol–water partition coefficient (Wildman–Crippen LogP) is 3.10. The zero-order chi connectivity index (χ0) is 19.1. The molecular weight excluding hydrogens is 342 g/mol. The highest BCUT2D eigenvalue weighted by Crippen LogP contribution is 2.20. The Balaban J connectivity index is 1.51. The highest BCUT2D eigenvalue weighted by atomic mass is 16.5. The number of benzene rings is 1. The summed E-state index contributed by atoms with van der Waals surface area (Å²) in [7, 11) is 1.70. The van der Waals surface area contributed by atoms with Crippen molar-refractivity contribution in [2.24, 2.45) is 5.92 Å². The smallest absolute Gasteiger partial charge is 0.276 e.